The second-order valence-electron chi connectivity index (χ2n) is 4.77. The molecular formula is C12H16N4O3S2. The molecule has 7 nitrogen and oxygen atoms in total. The Labute approximate surface area is 126 Å². The van der Waals surface area contributed by atoms with E-state index in [0.717, 1.165) is 30.7 Å². The highest BCUT2D eigenvalue weighted by atomic mass is 32.2. The second kappa shape index (κ2) is 5.74. The van der Waals surface area contributed by atoms with Gasteiger partial charge in [-0.15, -0.1) is 16.4 Å². The average molecular weight is 328 g/mol. The van der Waals surface area contributed by atoms with E-state index >= 15 is 0 Å². The molecular weight excluding hydrogens is 312 g/mol. The molecule has 0 spiro atoms. The Morgan fingerprint density at radius 3 is 3.00 bits per heavy atom. The van der Waals surface area contributed by atoms with Gasteiger partial charge in [0.15, 0.2) is 0 Å². The van der Waals surface area contributed by atoms with Crippen LogP contribution in [0.25, 0.3) is 0 Å². The first-order valence-electron chi connectivity index (χ1n) is 6.77. The minimum absolute atomic E-state index is 0.0178. The van der Waals surface area contributed by atoms with Crippen LogP contribution in [-0.4, -0.2) is 25.2 Å². The molecule has 2 N–H and O–H groups in total. The first-order chi connectivity index (χ1) is 10.1. The molecule has 3 rings (SSSR count). The van der Waals surface area contributed by atoms with Crippen molar-refractivity contribution in [3.05, 3.63) is 22.9 Å². The van der Waals surface area contributed by atoms with Crippen molar-refractivity contribution in [2.24, 2.45) is 0 Å². The first-order valence-corrected chi connectivity index (χ1v) is 9.07. The van der Waals surface area contributed by atoms with E-state index in [2.05, 4.69) is 20.2 Å². The number of nitrogens with one attached hydrogen (secondary N) is 2. The van der Waals surface area contributed by atoms with Crippen LogP contribution in [0, 0.1) is 0 Å². The molecule has 1 saturated heterocycles. The van der Waals surface area contributed by atoms with Crippen molar-refractivity contribution >= 4 is 27.4 Å². The number of sulfonamides is 1. The second-order valence-corrected chi connectivity index (χ2v) is 7.85. The van der Waals surface area contributed by atoms with Crippen molar-refractivity contribution in [3.63, 3.8) is 0 Å². The normalized spacial score (nSPS) is 19.0. The molecule has 1 aliphatic rings. The zero-order chi connectivity index (χ0) is 14.9. The van der Waals surface area contributed by atoms with Crippen LogP contribution in [0.4, 0.5) is 6.01 Å². The van der Waals surface area contributed by atoms with Crippen molar-refractivity contribution in [1.29, 1.82) is 0 Å². The highest BCUT2D eigenvalue weighted by Gasteiger charge is 2.24. The van der Waals surface area contributed by atoms with Gasteiger partial charge in [-0.25, -0.2) is 13.1 Å². The van der Waals surface area contributed by atoms with E-state index in [1.165, 1.54) is 11.3 Å². The van der Waals surface area contributed by atoms with E-state index in [1.807, 2.05) is 6.92 Å². The fourth-order valence-corrected chi connectivity index (χ4v) is 4.39. The molecule has 1 unspecified atom stereocenters. The Kier molecular flexibility index (Phi) is 3.96. The molecule has 9 heteroatoms. The molecule has 1 fully saturated rings. The highest BCUT2D eigenvalue weighted by Crippen LogP contribution is 2.26. The number of anilines is 1. The van der Waals surface area contributed by atoms with Gasteiger partial charge < -0.3 is 9.73 Å². The summed E-state index contributed by atoms with van der Waals surface area (Å²) in [6.07, 6.45) is 2.76. The smallest absolute Gasteiger partial charge is 0.329 e. The minimum Gasteiger partial charge on any atom is -0.406 e. The van der Waals surface area contributed by atoms with E-state index in [9.17, 15) is 8.42 Å². The minimum atomic E-state index is -3.66. The lowest BCUT2D eigenvalue weighted by Crippen LogP contribution is -2.13. The van der Waals surface area contributed by atoms with Crippen molar-refractivity contribution in [2.45, 2.75) is 36.4 Å². The molecule has 1 atom stereocenters. The fraction of sp³-hybridized carbons (Fsp3) is 0.500. The Morgan fingerprint density at radius 1 is 1.48 bits per heavy atom. The lowest BCUT2D eigenvalue weighted by Gasteiger charge is -2.03. The van der Waals surface area contributed by atoms with Gasteiger partial charge in [-0.3, -0.25) is 0 Å². The van der Waals surface area contributed by atoms with Crippen molar-refractivity contribution in [1.82, 2.24) is 15.5 Å². The van der Waals surface area contributed by atoms with Gasteiger partial charge in [0.25, 0.3) is 10.0 Å². The third-order valence-electron chi connectivity index (χ3n) is 3.27. The lowest BCUT2D eigenvalue weighted by atomic mass is 10.2. The number of nitrogens with zero attached hydrogens (tertiary/aromatic N) is 2. The number of thiophene rings is 1. The summed E-state index contributed by atoms with van der Waals surface area (Å²) in [5.41, 5.74) is 0. The molecule has 1 aliphatic heterocycles. The van der Waals surface area contributed by atoms with Gasteiger partial charge in [0.2, 0.25) is 5.89 Å². The number of rotatable bonds is 5. The van der Waals surface area contributed by atoms with Crippen molar-refractivity contribution in [2.75, 3.05) is 11.3 Å². The summed E-state index contributed by atoms with van der Waals surface area (Å²) < 4.78 is 32.4. The lowest BCUT2D eigenvalue weighted by molar-refractivity contribution is 0.439. The van der Waals surface area contributed by atoms with Gasteiger partial charge in [-0.05, 0) is 37.9 Å². The largest absolute Gasteiger partial charge is 0.406 e. The van der Waals surface area contributed by atoms with Crippen LogP contribution in [-0.2, 0) is 16.4 Å². The van der Waals surface area contributed by atoms with E-state index in [0.29, 0.717) is 5.89 Å². The van der Waals surface area contributed by atoms with E-state index in [4.69, 9.17) is 4.42 Å². The van der Waals surface area contributed by atoms with Gasteiger partial charge in [0.1, 0.15) is 4.21 Å². The SMILES string of the molecule is CCc1ccc(S(=O)(=O)Nc2nnc(C3CCCN3)o2)s1. The third kappa shape index (κ3) is 3.09. The molecule has 0 radical (unpaired) electrons. The van der Waals surface area contributed by atoms with Crippen LogP contribution in [0.1, 0.15) is 36.6 Å². The maximum Gasteiger partial charge on any atom is 0.329 e. The molecule has 2 aromatic rings. The molecule has 0 aliphatic carbocycles. The Balaban J connectivity index is 1.76. The summed E-state index contributed by atoms with van der Waals surface area (Å²) in [5, 5.41) is 10.9. The maximum absolute atomic E-state index is 12.2. The van der Waals surface area contributed by atoms with Gasteiger partial charge >= 0.3 is 6.01 Å². The van der Waals surface area contributed by atoms with Crippen molar-refractivity contribution < 1.29 is 12.8 Å². The molecule has 0 aromatic carbocycles. The van der Waals surface area contributed by atoms with Crippen LogP contribution in [0.15, 0.2) is 20.8 Å². The number of aromatic nitrogens is 2. The van der Waals surface area contributed by atoms with Gasteiger partial charge in [-0.1, -0.05) is 12.0 Å². The van der Waals surface area contributed by atoms with E-state index in [1.54, 1.807) is 12.1 Å². The number of hydrogen-bond acceptors (Lipinski definition) is 7. The molecule has 114 valence electrons. The van der Waals surface area contributed by atoms with E-state index < -0.39 is 10.0 Å². The van der Waals surface area contributed by atoms with Crippen LogP contribution in [0.5, 0.6) is 0 Å². The molecule has 3 heterocycles. The summed E-state index contributed by atoms with van der Waals surface area (Å²) in [6.45, 7) is 2.89. The highest BCUT2D eigenvalue weighted by molar-refractivity contribution is 7.94. The number of aryl methyl sites for hydroxylation is 1. The predicted molar refractivity (Wildman–Crippen MR) is 78.8 cm³/mol. The Bertz CT molecular complexity index is 716. The van der Waals surface area contributed by atoms with Gasteiger partial charge in [0, 0.05) is 4.88 Å². The summed E-state index contributed by atoms with van der Waals surface area (Å²) >= 11 is 1.24. The summed E-state index contributed by atoms with van der Waals surface area (Å²) in [6, 6.07) is 3.32. The molecule has 0 bridgehead atoms. The Morgan fingerprint density at radius 2 is 2.33 bits per heavy atom. The van der Waals surface area contributed by atoms with Crippen molar-refractivity contribution in [3.8, 4) is 0 Å². The summed E-state index contributed by atoms with van der Waals surface area (Å²) in [7, 11) is -3.66. The van der Waals surface area contributed by atoms with Crippen LogP contribution in [0.2, 0.25) is 0 Å². The fourth-order valence-electron chi connectivity index (χ4n) is 2.17. The predicted octanol–water partition coefficient (Wildman–Crippen LogP) is 1.92. The first kappa shape index (κ1) is 14.5. The monoisotopic (exact) mass is 328 g/mol. The molecule has 0 amide bonds. The van der Waals surface area contributed by atoms with E-state index in [-0.39, 0.29) is 16.3 Å². The van der Waals surface area contributed by atoms with Gasteiger partial charge in [0.05, 0.1) is 6.04 Å². The van der Waals surface area contributed by atoms with Gasteiger partial charge in [-0.2, -0.15) is 0 Å². The molecule has 2 aromatic heterocycles. The summed E-state index contributed by atoms with van der Waals surface area (Å²) in [4.78, 5) is 1.01. The van der Waals surface area contributed by atoms with Crippen LogP contribution in [0.3, 0.4) is 0 Å². The molecule has 21 heavy (non-hydrogen) atoms. The number of hydrogen-bond donors (Lipinski definition) is 2. The standard InChI is InChI=1S/C12H16N4O3S2/c1-2-8-5-6-10(20-8)21(17,18)16-12-15-14-11(19-12)9-4-3-7-13-9/h5-6,9,13H,2-4,7H2,1H3,(H,15,16). The quantitative estimate of drug-likeness (QED) is 0.870. The maximum atomic E-state index is 12.2. The zero-order valence-corrected chi connectivity index (χ0v) is 13.1. The summed E-state index contributed by atoms with van der Waals surface area (Å²) in [5.74, 6) is 0.422. The Hall–Kier alpha value is -1.45. The average Bonchev–Trinajstić information content (AvgIpc) is 3.19. The third-order valence-corrected chi connectivity index (χ3v) is 6.31. The van der Waals surface area contributed by atoms with Crippen LogP contribution < -0.4 is 10.0 Å². The zero-order valence-electron chi connectivity index (χ0n) is 11.5. The molecule has 0 saturated carbocycles. The topological polar surface area (TPSA) is 97.1 Å². The van der Waals surface area contributed by atoms with Crippen LogP contribution >= 0.6 is 11.3 Å².